The number of carbonyl (C=O) groups excluding carboxylic acids is 1. The zero-order chi connectivity index (χ0) is 21.3. The molecule has 2 aromatic carbocycles. The number of carbonyl (C=O) groups is 1. The molecule has 7 nitrogen and oxygen atoms in total. The van der Waals surface area contributed by atoms with Gasteiger partial charge in [-0.15, -0.1) is 0 Å². The Hall–Kier alpha value is -4.01. The number of halogens is 2. The summed E-state index contributed by atoms with van der Waals surface area (Å²) >= 11 is 0. The predicted octanol–water partition coefficient (Wildman–Crippen LogP) is 4.74. The number of benzene rings is 2. The molecule has 30 heavy (non-hydrogen) atoms. The van der Waals surface area contributed by atoms with E-state index in [9.17, 15) is 13.6 Å². The number of anilines is 3. The number of hydrogen-bond donors (Lipinski definition) is 2. The van der Waals surface area contributed by atoms with Gasteiger partial charge in [-0.05, 0) is 30.3 Å². The van der Waals surface area contributed by atoms with E-state index in [1.807, 2.05) is 0 Å². The molecule has 4 aromatic rings. The van der Waals surface area contributed by atoms with Crippen LogP contribution in [-0.4, -0.2) is 20.4 Å². The first-order valence-electron chi connectivity index (χ1n) is 8.99. The van der Waals surface area contributed by atoms with E-state index in [4.69, 9.17) is 4.74 Å². The van der Waals surface area contributed by atoms with Crippen molar-refractivity contribution in [3.05, 3.63) is 66.4 Å². The maximum absolute atomic E-state index is 13.9. The summed E-state index contributed by atoms with van der Waals surface area (Å²) in [4.78, 5) is 19.7. The molecule has 0 radical (unpaired) electrons. The highest BCUT2D eigenvalue weighted by Crippen LogP contribution is 2.29. The lowest BCUT2D eigenvalue weighted by atomic mass is 10.3. The lowest BCUT2D eigenvalue weighted by Gasteiger charge is -2.08. The fourth-order valence-corrected chi connectivity index (χ4v) is 2.93. The molecule has 0 aliphatic heterocycles. The fraction of sp³-hybridized carbons (Fsp3) is 0.0952. The van der Waals surface area contributed by atoms with Gasteiger partial charge in [0, 0.05) is 38.4 Å². The molecule has 2 aromatic heterocycles. The van der Waals surface area contributed by atoms with Crippen LogP contribution >= 0.6 is 0 Å². The van der Waals surface area contributed by atoms with Gasteiger partial charge in [0.25, 0.3) is 0 Å². The van der Waals surface area contributed by atoms with Gasteiger partial charge in [-0.1, -0.05) is 0 Å². The van der Waals surface area contributed by atoms with Crippen molar-refractivity contribution in [2.75, 3.05) is 10.6 Å². The van der Waals surface area contributed by atoms with E-state index in [1.54, 1.807) is 41.9 Å². The predicted molar refractivity (Wildman–Crippen MR) is 109 cm³/mol. The molecule has 2 heterocycles. The van der Waals surface area contributed by atoms with Gasteiger partial charge in [0.2, 0.25) is 11.9 Å². The SMILES string of the molecule is CC(=O)Nc1cc(Oc2ccc3c(c2)nc(Nc2cc(F)ccc2F)n3C)ccn1. The third kappa shape index (κ3) is 4.04. The molecule has 9 heteroatoms. The van der Waals surface area contributed by atoms with Crippen molar-refractivity contribution in [3.8, 4) is 11.5 Å². The third-order valence-electron chi connectivity index (χ3n) is 4.30. The number of hydrogen-bond acceptors (Lipinski definition) is 5. The third-order valence-corrected chi connectivity index (χ3v) is 4.30. The first kappa shape index (κ1) is 19.3. The molecule has 0 saturated heterocycles. The monoisotopic (exact) mass is 409 g/mol. The van der Waals surface area contributed by atoms with Crippen LogP contribution in [-0.2, 0) is 11.8 Å². The highest BCUT2D eigenvalue weighted by atomic mass is 19.1. The van der Waals surface area contributed by atoms with Gasteiger partial charge in [0.1, 0.15) is 29.0 Å². The average molecular weight is 409 g/mol. The van der Waals surface area contributed by atoms with E-state index >= 15 is 0 Å². The van der Waals surface area contributed by atoms with Crippen molar-refractivity contribution in [2.24, 2.45) is 7.05 Å². The Kier molecular flexibility index (Phi) is 5.01. The van der Waals surface area contributed by atoms with E-state index in [2.05, 4.69) is 20.6 Å². The molecule has 152 valence electrons. The van der Waals surface area contributed by atoms with Crippen molar-refractivity contribution < 1.29 is 18.3 Å². The number of fused-ring (bicyclic) bond motifs is 1. The number of nitrogens with zero attached hydrogens (tertiary/aromatic N) is 3. The summed E-state index contributed by atoms with van der Waals surface area (Å²) in [6.45, 7) is 1.39. The molecule has 0 spiro atoms. The van der Waals surface area contributed by atoms with Crippen LogP contribution in [0.1, 0.15) is 6.92 Å². The minimum atomic E-state index is -0.583. The van der Waals surface area contributed by atoms with Crippen molar-refractivity contribution in [1.29, 1.82) is 0 Å². The summed E-state index contributed by atoms with van der Waals surface area (Å²) in [5.41, 5.74) is 1.37. The first-order chi connectivity index (χ1) is 14.4. The smallest absolute Gasteiger partial charge is 0.222 e. The Balaban J connectivity index is 1.60. The molecule has 0 aliphatic carbocycles. The summed E-state index contributed by atoms with van der Waals surface area (Å²) in [7, 11) is 1.76. The fourth-order valence-electron chi connectivity index (χ4n) is 2.93. The zero-order valence-electron chi connectivity index (χ0n) is 16.1. The Morgan fingerprint density at radius 1 is 1.07 bits per heavy atom. The molecule has 0 fully saturated rings. The van der Waals surface area contributed by atoms with Gasteiger partial charge in [-0.25, -0.2) is 18.7 Å². The molecule has 0 unspecified atom stereocenters. The number of ether oxygens (including phenoxy) is 1. The highest BCUT2D eigenvalue weighted by Gasteiger charge is 2.12. The summed E-state index contributed by atoms with van der Waals surface area (Å²) in [5.74, 6) is 0.369. The maximum atomic E-state index is 13.9. The van der Waals surface area contributed by atoms with Gasteiger partial charge in [0.15, 0.2) is 0 Å². The van der Waals surface area contributed by atoms with Crippen LogP contribution in [0.2, 0.25) is 0 Å². The topological polar surface area (TPSA) is 81.1 Å². The van der Waals surface area contributed by atoms with Crippen LogP contribution in [0.15, 0.2) is 54.7 Å². The second kappa shape index (κ2) is 7.78. The number of pyridine rings is 1. The Morgan fingerprint density at radius 2 is 1.87 bits per heavy atom. The number of amides is 1. The molecule has 0 aliphatic rings. The number of nitrogens with one attached hydrogen (secondary N) is 2. The molecule has 0 bridgehead atoms. The number of aromatic nitrogens is 3. The van der Waals surface area contributed by atoms with Crippen molar-refractivity contribution in [1.82, 2.24) is 14.5 Å². The Labute approximate surface area is 170 Å². The van der Waals surface area contributed by atoms with Crippen molar-refractivity contribution >= 4 is 34.4 Å². The summed E-state index contributed by atoms with van der Waals surface area (Å²) in [5, 5.41) is 5.40. The van der Waals surface area contributed by atoms with Gasteiger partial charge in [-0.2, -0.15) is 0 Å². The Morgan fingerprint density at radius 3 is 2.67 bits per heavy atom. The van der Waals surface area contributed by atoms with E-state index < -0.39 is 11.6 Å². The van der Waals surface area contributed by atoms with Crippen LogP contribution in [0.4, 0.5) is 26.2 Å². The number of rotatable bonds is 5. The van der Waals surface area contributed by atoms with Crippen molar-refractivity contribution in [3.63, 3.8) is 0 Å². The summed E-state index contributed by atoms with van der Waals surface area (Å²) in [6.07, 6.45) is 1.52. The van der Waals surface area contributed by atoms with Gasteiger partial charge < -0.3 is 19.9 Å². The van der Waals surface area contributed by atoms with Crippen LogP contribution < -0.4 is 15.4 Å². The summed E-state index contributed by atoms with van der Waals surface area (Å²) in [6, 6.07) is 11.7. The van der Waals surface area contributed by atoms with E-state index in [1.165, 1.54) is 13.1 Å². The van der Waals surface area contributed by atoms with Crippen LogP contribution in [0, 0.1) is 11.6 Å². The number of aryl methyl sites for hydroxylation is 1. The van der Waals surface area contributed by atoms with Gasteiger partial charge in [-0.3, -0.25) is 4.79 Å². The minimum Gasteiger partial charge on any atom is -0.457 e. The average Bonchev–Trinajstić information content (AvgIpc) is 2.99. The Bertz CT molecular complexity index is 1260. The second-order valence-electron chi connectivity index (χ2n) is 6.55. The first-order valence-corrected chi connectivity index (χ1v) is 8.99. The van der Waals surface area contributed by atoms with E-state index in [-0.39, 0.29) is 11.6 Å². The molecular formula is C21H17F2N5O2. The normalized spacial score (nSPS) is 10.8. The van der Waals surface area contributed by atoms with Crippen LogP contribution in [0.25, 0.3) is 11.0 Å². The molecular weight excluding hydrogens is 392 g/mol. The minimum absolute atomic E-state index is 0.00725. The van der Waals surface area contributed by atoms with E-state index in [0.29, 0.717) is 28.8 Å². The second-order valence-corrected chi connectivity index (χ2v) is 6.55. The van der Waals surface area contributed by atoms with Gasteiger partial charge >= 0.3 is 0 Å². The summed E-state index contributed by atoms with van der Waals surface area (Å²) < 4.78 is 34.9. The molecule has 1 amide bonds. The standard InChI is InChI=1S/C21H17F2N5O2/c1-12(29)25-20-11-15(7-8-24-20)30-14-4-6-19-18(10-14)27-21(28(19)2)26-17-9-13(22)3-5-16(17)23/h3-11H,1-2H3,(H,26,27)(H,24,25,29). The molecule has 2 N–H and O–H groups in total. The molecule has 0 saturated carbocycles. The highest BCUT2D eigenvalue weighted by molar-refractivity contribution is 5.87. The molecule has 4 rings (SSSR count). The number of imidazole rings is 1. The lowest BCUT2D eigenvalue weighted by molar-refractivity contribution is -0.114. The van der Waals surface area contributed by atoms with Crippen LogP contribution in [0.3, 0.4) is 0 Å². The lowest BCUT2D eigenvalue weighted by Crippen LogP contribution is -2.07. The van der Waals surface area contributed by atoms with E-state index in [0.717, 1.165) is 23.7 Å². The zero-order valence-corrected chi connectivity index (χ0v) is 16.1. The molecule has 0 atom stereocenters. The largest absolute Gasteiger partial charge is 0.457 e. The maximum Gasteiger partial charge on any atom is 0.222 e. The van der Waals surface area contributed by atoms with Gasteiger partial charge in [0.05, 0.1) is 16.7 Å². The van der Waals surface area contributed by atoms with Crippen molar-refractivity contribution in [2.45, 2.75) is 6.92 Å². The van der Waals surface area contributed by atoms with Crippen LogP contribution in [0.5, 0.6) is 11.5 Å². The quantitative estimate of drug-likeness (QED) is 0.498.